The van der Waals surface area contributed by atoms with Crippen LogP contribution in [0.1, 0.15) is 56.7 Å². The number of nitrogens with one attached hydrogen (secondary N) is 1. The zero-order valence-electron chi connectivity index (χ0n) is 13.3. The molecule has 0 radical (unpaired) electrons. The van der Waals surface area contributed by atoms with Gasteiger partial charge < -0.3 is 15.2 Å². The second kappa shape index (κ2) is 6.96. The largest absolute Gasteiger partial charge is 0.478 e. The van der Waals surface area contributed by atoms with Gasteiger partial charge in [0.1, 0.15) is 5.60 Å². The number of aromatic carboxylic acids is 1. The number of carboxylic acid groups (broad SMARTS) is 1. The Morgan fingerprint density at radius 3 is 2.41 bits per heavy atom. The van der Waals surface area contributed by atoms with Crippen molar-refractivity contribution >= 4 is 23.7 Å². The second-order valence-corrected chi connectivity index (χ2v) is 6.70. The van der Waals surface area contributed by atoms with E-state index in [0.717, 1.165) is 0 Å². The van der Waals surface area contributed by atoms with E-state index in [1.165, 1.54) is 12.3 Å². The predicted molar refractivity (Wildman–Crippen MR) is 83.2 cm³/mol. The number of carbonyl (C=O) groups excluding carboxylic acids is 1. The summed E-state index contributed by atoms with van der Waals surface area (Å²) in [5.74, 6) is -1.24. The number of alkyl carbamates (subject to hydrolysis) is 1. The predicted octanol–water partition coefficient (Wildman–Crippen LogP) is 3.66. The Balaban J connectivity index is 3.12. The highest BCUT2D eigenvalue weighted by Crippen LogP contribution is 2.25. The molecule has 1 aromatic heterocycles. The van der Waals surface area contributed by atoms with Crippen LogP contribution in [0.5, 0.6) is 0 Å². The van der Waals surface area contributed by atoms with Crippen molar-refractivity contribution in [2.45, 2.75) is 46.3 Å². The number of carboxylic acids is 1. The summed E-state index contributed by atoms with van der Waals surface area (Å²) >= 11 is 5.80. The SMILES string of the molecule is CC(C)[C@H](NC(=O)OC(C)(C)C)c1ncc(Cl)cc1C(=O)O. The molecule has 0 aliphatic carbocycles. The second-order valence-electron chi connectivity index (χ2n) is 6.26. The molecule has 1 atom stereocenters. The summed E-state index contributed by atoms with van der Waals surface area (Å²) < 4.78 is 5.21. The van der Waals surface area contributed by atoms with Gasteiger partial charge in [-0.15, -0.1) is 0 Å². The number of amides is 1. The van der Waals surface area contributed by atoms with Gasteiger partial charge in [-0.1, -0.05) is 25.4 Å². The van der Waals surface area contributed by atoms with Crippen molar-refractivity contribution in [3.8, 4) is 0 Å². The van der Waals surface area contributed by atoms with Gasteiger partial charge in [-0.05, 0) is 32.8 Å². The van der Waals surface area contributed by atoms with E-state index in [9.17, 15) is 14.7 Å². The number of aromatic nitrogens is 1. The van der Waals surface area contributed by atoms with Crippen molar-refractivity contribution in [2.24, 2.45) is 5.92 Å². The maximum absolute atomic E-state index is 12.0. The van der Waals surface area contributed by atoms with E-state index >= 15 is 0 Å². The molecular weight excluding hydrogens is 308 g/mol. The minimum absolute atomic E-state index is 0.0396. The van der Waals surface area contributed by atoms with Crippen molar-refractivity contribution in [1.82, 2.24) is 10.3 Å². The summed E-state index contributed by atoms with van der Waals surface area (Å²) in [5, 5.41) is 12.2. The molecule has 6 nitrogen and oxygen atoms in total. The molecule has 0 saturated heterocycles. The third kappa shape index (κ3) is 5.18. The number of carbonyl (C=O) groups is 2. The standard InChI is InChI=1S/C15H21ClN2O4/c1-8(2)11(18-14(21)22-15(3,4)5)12-10(13(19)20)6-9(16)7-17-12/h6-8,11H,1-5H3,(H,18,21)(H,19,20)/t11-/m0/s1. The van der Waals surface area contributed by atoms with E-state index in [-0.39, 0.29) is 22.2 Å². The highest BCUT2D eigenvalue weighted by atomic mass is 35.5. The molecule has 1 heterocycles. The molecule has 0 aromatic carbocycles. The molecule has 1 rings (SSSR count). The molecule has 1 aromatic rings. The molecular formula is C15H21ClN2O4. The highest BCUT2D eigenvalue weighted by molar-refractivity contribution is 6.30. The Kier molecular flexibility index (Phi) is 5.77. The molecule has 0 bridgehead atoms. The van der Waals surface area contributed by atoms with Crippen LogP contribution in [-0.2, 0) is 4.74 Å². The summed E-state index contributed by atoms with van der Waals surface area (Å²) in [5.41, 5.74) is -0.436. The molecule has 7 heteroatoms. The fourth-order valence-corrected chi connectivity index (χ4v) is 2.01. The Hall–Kier alpha value is -1.82. The van der Waals surface area contributed by atoms with E-state index < -0.39 is 23.7 Å². The van der Waals surface area contributed by atoms with Crippen molar-refractivity contribution in [2.75, 3.05) is 0 Å². The number of ether oxygens (including phenoxy) is 1. The number of nitrogens with zero attached hydrogens (tertiary/aromatic N) is 1. The van der Waals surface area contributed by atoms with Crippen molar-refractivity contribution in [3.05, 3.63) is 28.5 Å². The minimum atomic E-state index is -1.15. The average molecular weight is 329 g/mol. The first-order valence-corrected chi connectivity index (χ1v) is 7.27. The lowest BCUT2D eigenvalue weighted by Crippen LogP contribution is -2.37. The number of rotatable bonds is 4. The fraction of sp³-hybridized carbons (Fsp3) is 0.533. The molecule has 0 fully saturated rings. The Morgan fingerprint density at radius 2 is 1.95 bits per heavy atom. The molecule has 22 heavy (non-hydrogen) atoms. The van der Waals surface area contributed by atoms with Crippen LogP contribution in [0.4, 0.5) is 4.79 Å². The lowest BCUT2D eigenvalue weighted by molar-refractivity contribution is 0.0484. The van der Waals surface area contributed by atoms with E-state index in [0.29, 0.717) is 0 Å². The zero-order chi connectivity index (χ0) is 17.1. The van der Waals surface area contributed by atoms with Gasteiger partial charge in [0.05, 0.1) is 22.3 Å². The third-order valence-corrected chi connectivity index (χ3v) is 2.96. The first kappa shape index (κ1) is 18.2. The van der Waals surface area contributed by atoms with Crippen LogP contribution in [0.15, 0.2) is 12.3 Å². The minimum Gasteiger partial charge on any atom is -0.478 e. The summed E-state index contributed by atoms with van der Waals surface area (Å²) in [6.45, 7) is 8.95. The maximum Gasteiger partial charge on any atom is 0.408 e. The average Bonchev–Trinajstić information content (AvgIpc) is 2.33. The molecule has 0 unspecified atom stereocenters. The van der Waals surface area contributed by atoms with Gasteiger partial charge in [0.25, 0.3) is 0 Å². The van der Waals surface area contributed by atoms with Crippen LogP contribution >= 0.6 is 11.6 Å². The van der Waals surface area contributed by atoms with Crippen molar-refractivity contribution in [3.63, 3.8) is 0 Å². The first-order valence-electron chi connectivity index (χ1n) is 6.89. The van der Waals surface area contributed by atoms with Gasteiger partial charge in [-0.25, -0.2) is 9.59 Å². The summed E-state index contributed by atoms with van der Waals surface area (Å²) in [4.78, 5) is 27.4. The normalized spacial score (nSPS) is 12.9. The van der Waals surface area contributed by atoms with Gasteiger partial charge in [0, 0.05) is 6.20 Å². The van der Waals surface area contributed by atoms with E-state index in [1.54, 1.807) is 20.8 Å². The molecule has 0 aliphatic heterocycles. The zero-order valence-corrected chi connectivity index (χ0v) is 14.1. The lowest BCUT2D eigenvalue weighted by atomic mass is 9.97. The third-order valence-electron chi connectivity index (χ3n) is 2.75. The first-order chi connectivity index (χ1) is 10.0. The number of hydrogen-bond acceptors (Lipinski definition) is 4. The topological polar surface area (TPSA) is 88.5 Å². The molecule has 122 valence electrons. The summed E-state index contributed by atoms with van der Waals surface area (Å²) in [6.07, 6.45) is 0.731. The van der Waals surface area contributed by atoms with Gasteiger partial charge in [-0.2, -0.15) is 0 Å². The molecule has 0 spiro atoms. The van der Waals surface area contributed by atoms with Crippen LogP contribution < -0.4 is 5.32 Å². The fourth-order valence-electron chi connectivity index (χ4n) is 1.85. The van der Waals surface area contributed by atoms with Crippen LogP contribution in [0.3, 0.4) is 0 Å². The number of halogens is 1. The number of pyridine rings is 1. The quantitative estimate of drug-likeness (QED) is 0.880. The summed E-state index contributed by atoms with van der Waals surface area (Å²) in [7, 11) is 0. The van der Waals surface area contributed by atoms with Crippen LogP contribution in [-0.4, -0.2) is 27.8 Å². The van der Waals surface area contributed by atoms with Gasteiger partial charge in [0.15, 0.2) is 0 Å². The lowest BCUT2D eigenvalue weighted by Gasteiger charge is -2.26. The van der Waals surface area contributed by atoms with E-state index in [4.69, 9.17) is 16.3 Å². The number of hydrogen-bond donors (Lipinski definition) is 2. The molecule has 2 N–H and O–H groups in total. The Morgan fingerprint density at radius 1 is 1.36 bits per heavy atom. The van der Waals surface area contributed by atoms with Gasteiger partial charge >= 0.3 is 12.1 Å². The van der Waals surface area contributed by atoms with E-state index in [2.05, 4.69) is 10.3 Å². The maximum atomic E-state index is 12.0. The van der Waals surface area contributed by atoms with Crippen molar-refractivity contribution < 1.29 is 19.4 Å². The van der Waals surface area contributed by atoms with Gasteiger partial charge in [0.2, 0.25) is 0 Å². The molecule has 1 amide bonds. The molecule has 0 aliphatic rings. The van der Waals surface area contributed by atoms with Crippen molar-refractivity contribution in [1.29, 1.82) is 0 Å². The smallest absolute Gasteiger partial charge is 0.408 e. The van der Waals surface area contributed by atoms with Crippen LogP contribution in [0.2, 0.25) is 5.02 Å². The Bertz CT molecular complexity index is 567. The summed E-state index contributed by atoms with van der Waals surface area (Å²) in [6, 6.07) is 0.719. The Labute approximate surface area is 134 Å². The monoisotopic (exact) mass is 328 g/mol. The molecule has 0 saturated carbocycles. The van der Waals surface area contributed by atoms with Crippen LogP contribution in [0.25, 0.3) is 0 Å². The van der Waals surface area contributed by atoms with E-state index in [1.807, 2.05) is 13.8 Å². The van der Waals surface area contributed by atoms with Gasteiger partial charge in [-0.3, -0.25) is 4.98 Å². The van der Waals surface area contributed by atoms with Crippen LogP contribution in [0, 0.1) is 5.92 Å². The highest BCUT2D eigenvalue weighted by Gasteiger charge is 2.27.